The Labute approximate surface area is 179 Å². The van der Waals surface area contributed by atoms with Gasteiger partial charge in [-0.2, -0.15) is 0 Å². The van der Waals surface area contributed by atoms with Crippen molar-refractivity contribution in [3.8, 4) is 5.75 Å². The number of carbonyl (C=O) groups is 2. The number of hydrogen-bond donors (Lipinski definition) is 1. The number of halogens is 2. The Morgan fingerprint density at radius 2 is 2.00 bits per heavy atom. The molecule has 1 aromatic heterocycles. The molecule has 0 saturated carbocycles. The molecule has 10 heteroatoms. The molecule has 2 aliphatic heterocycles. The van der Waals surface area contributed by atoms with Crippen molar-refractivity contribution < 1.29 is 14.3 Å². The first-order chi connectivity index (χ1) is 13.4. The molecule has 0 radical (unpaired) electrons. The second kappa shape index (κ2) is 7.71. The van der Waals surface area contributed by atoms with Crippen LogP contribution < -0.4 is 15.0 Å². The molecule has 0 atom stereocenters. The van der Waals surface area contributed by atoms with Gasteiger partial charge >= 0.3 is 0 Å². The zero-order chi connectivity index (χ0) is 19.8. The van der Waals surface area contributed by atoms with Gasteiger partial charge in [-0.15, -0.1) is 0 Å². The summed E-state index contributed by atoms with van der Waals surface area (Å²) in [7, 11) is 0. The van der Waals surface area contributed by atoms with Gasteiger partial charge in [-0.1, -0.05) is 53.2 Å². The zero-order valence-electron chi connectivity index (χ0n) is 14.1. The number of benzene rings is 1. The van der Waals surface area contributed by atoms with E-state index in [1.807, 2.05) is 6.07 Å². The molecule has 142 valence electrons. The Morgan fingerprint density at radius 3 is 2.68 bits per heavy atom. The molecule has 2 aromatic rings. The second-order valence-electron chi connectivity index (χ2n) is 5.97. The number of nitrogens with zero attached hydrogens (tertiary/aromatic N) is 2. The number of fused-ring (bicyclic) bond motifs is 1. The van der Waals surface area contributed by atoms with E-state index in [2.05, 4.69) is 10.3 Å². The molecule has 0 spiro atoms. The number of thiocarbonyl (C=S) groups is 1. The smallest absolute Gasteiger partial charge is 0.265 e. The van der Waals surface area contributed by atoms with E-state index in [4.69, 9.17) is 40.2 Å². The molecule has 28 heavy (non-hydrogen) atoms. The molecule has 0 unspecified atom stereocenters. The van der Waals surface area contributed by atoms with Crippen molar-refractivity contribution in [1.82, 2.24) is 10.3 Å². The number of thioether (sulfide) groups is 1. The average molecular weight is 452 g/mol. The van der Waals surface area contributed by atoms with E-state index < -0.39 is 0 Å². The summed E-state index contributed by atoms with van der Waals surface area (Å²) < 4.78 is 5.95. The van der Waals surface area contributed by atoms with Crippen LogP contribution in [-0.2, 0) is 16.1 Å². The van der Waals surface area contributed by atoms with Crippen molar-refractivity contribution in [1.29, 1.82) is 0 Å². The third kappa shape index (κ3) is 4.00. The zero-order valence-corrected chi connectivity index (χ0v) is 17.2. The topological polar surface area (TPSA) is 71.5 Å². The number of amides is 2. The maximum atomic E-state index is 12.5. The number of carbonyl (C=O) groups excluding carboxylic acids is 2. The number of nitrogens with one attached hydrogen (secondary N) is 1. The van der Waals surface area contributed by atoms with Gasteiger partial charge in [-0.3, -0.25) is 9.59 Å². The standard InChI is InChI=1S/C18H11Cl2N3O3S2/c19-14-5-10(6-15(20)21-14)7-23-11-3-9(1-2-12(11)26-8-16(23)24)4-13-17(25)22-18(27)28-13/h1-6H,7-8H2,(H,22,25,27)/b13-4+. The van der Waals surface area contributed by atoms with Gasteiger partial charge in [-0.25, -0.2) is 4.98 Å². The first kappa shape index (κ1) is 19.2. The number of aromatic nitrogens is 1. The van der Waals surface area contributed by atoms with E-state index in [1.54, 1.807) is 35.2 Å². The molecule has 3 heterocycles. The molecule has 1 saturated heterocycles. The van der Waals surface area contributed by atoms with Crippen molar-refractivity contribution >= 4 is 75.1 Å². The van der Waals surface area contributed by atoms with E-state index in [-0.39, 0.29) is 35.3 Å². The summed E-state index contributed by atoms with van der Waals surface area (Å²) in [5.41, 5.74) is 2.09. The largest absolute Gasteiger partial charge is 0.482 e. The number of anilines is 1. The molecule has 1 fully saturated rings. The Hall–Kier alpha value is -2.13. The van der Waals surface area contributed by atoms with Gasteiger partial charge in [0, 0.05) is 0 Å². The summed E-state index contributed by atoms with van der Waals surface area (Å²) in [5.74, 6) is 0.139. The quantitative estimate of drug-likeness (QED) is 0.434. The first-order valence-corrected chi connectivity index (χ1v) is 10.0. The van der Waals surface area contributed by atoms with Crippen molar-refractivity contribution in [2.45, 2.75) is 6.54 Å². The molecule has 4 rings (SSSR count). The highest BCUT2D eigenvalue weighted by atomic mass is 35.5. The molecule has 2 aliphatic rings. The van der Waals surface area contributed by atoms with E-state index >= 15 is 0 Å². The number of hydrogen-bond acceptors (Lipinski definition) is 6. The number of ether oxygens (including phenoxy) is 1. The maximum Gasteiger partial charge on any atom is 0.265 e. The lowest BCUT2D eigenvalue weighted by molar-refractivity contribution is -0.121. The molecule has 2 amide bonds. The van der Waals surface area contributed by atoms with Crippen LogP contribution in [0.5, 0.6) is 5.75 Å². The third-order valence-corrected chi connectivity index (χ3v) is 5.58. The molecule has 1 aromatic carbocycles. The Bertz CT molecular complexity index is 1040. The van der Waals surface area contributed by atoms with Crippen molar-refractivity contribution in [3.63, 3.8) is 0 Å². The first-order valence-electron chi connectivity index (χ1n) is 8.03. The summed E-state index contributed by atoms with van der Waals surface area (Å²) in [6.45, 7) is 0.197. The summed E-state index contributed by atoms with van der Waals surface area (Å²) >= 11 is 18.1. The van der Waals surface area contributed by atoms with Crippen LogP contribution in [0.2, 0.25) is 10.3 Å². The third-order valence-electron chi connectivity index (χ3n) is 4.03. The predicted molar refractivity (Wildman–Crippen MR) is 114 cm³/mol. The fraction of sp³-hybridized carbons (Fsp3) is 0.111. The lowest BCUT2D eigenvalue weighted by Gasteiger charge is -2.29. The van der Waals surface area contributed by atoms with E-state index in [0.717, 1.165) is 11.1 Å². The molecular formula is C18H11Cl2N3O3S2. The van der Waals surface area contributed by atoms with Crippen LogP contribution in [0.25, 0.3) is 6.08 Å². The van der Waals surface area contributed by atoms with Crippen LogP contribution in [-0.4, -0.2) is 27.7 Å². The summed E-state index contributed by atoms with van der Waals surface area (Å²) in [4.78, 5) is 30.4. The van der Waals surface area contributed by atoms with Crippen LogP contribution in [0.15, 0.2) is 35.2 Å². The fourth-order valence-electron chi connectivity index (χ4n) is 2.84. The lowest BCUT2D eigenvalue weighted by atomic mass is 10.1. The van der Waals surface area contributed by atoms with Crippen molar-refractivity contribution in [2.75, 3.05) is 11.5 Å². The number of pyridine rings is 1. The fourth-order valence-corrected chi connectivity index (χ4v) is 4.39. The molecule has 0 aliphatic carbocycles. The van der Waals surface area contributed by atoms with Crippen molar-refractivity contribution in [3.05, 3.63) is 56.7 Å². The van der Waals surface area contributed by atoms with Crippen LogP contribution in [0.1, 0.15) is 11.1 Å². The minimum Gasteiger partial charge on any atom is -0.482 e. The van der Waals surface area contributed by atoms with Gasteiger partial charge in [0.05, 0.1) is 17.1 Å². The summed E-state index contributed by atoms with van der Waals surface area (Å²) in [6.07, 6.45) is 1.72. The van der Waals surface area contributed by atoms with E-state index in [0.29, 0.717) is 20.7 Å². The Kier molecular flexibility index (Phi) is 5.29. The Balaban J connectivity index is 1.69. The van der Waals surface area contributed by atoms with Gasteiger partial charge in [0.25, 0.3) is 11.8 Å². The van der Waals surface area contributed by atoms with Gasteiger partial charge in [0.15, 0.2) is 6.61 Å². The minimum absolute atomic E-state index is 0.0630. The highest BCUT2D eigenvalue weighted by Gasteiger charge is 2.27. The molecule has 1 N–H and O–H groups in total. The molecule has 0 bridgehead atoms. The molecular weight excluding hydrogens is 441 g/mol. The predicted octanol–water partition coefficient (Wildman–Crippen LogP) is 3.80. The monoisotopic (exact) mass is 451 g/mol. The summed E-state index contributed by atoms with van der Waals surface area (Å²) in [6, 6.07) is 8.68. The van der Waals surface area contributed by atoms with Crippen molar-refractivity contribution in [2.24, 2.45) is 0 Å². The SMILES string of the molecule is O=C1NC(=S)S/C1=C/c1ccc2c(c1)N(Cc1cc(Cl)nc(Cl)c1)C(=O)CO2. The van der Waals surface area contributed by atoms with Crippen LogP contribution in [0, 0.1) is 0 Å². The van der Waals surface area contributed by atoms with E-state index in [9.17, 15) is 9.59 Å². The lowest BCUT2D eigenvalue weighted by Crippen LogP contribution is -2.38. The minimum atomic E-state index is -0.238. The van der Waals surface area contributed by atoms with Gasteiger partial charge in [0.1, 0.15) is 20.4 Å². The summed E-state index contributed by atoms with van der Waals surface area (Å²) in [5, 5.41) is 3.08. The van der Waals surface area contributed by atoms with Crippen LogP contribution in [0.3, 0.4) is 0 Å². The second-order valence-corrected chi connectivity index (χ2v) is 8.46. The van der Waals surface area contributed by atoms with Gasteiger partial charge in [0.2, 0.25) is 0 Å². The normalized spacial score (nSPS) is 17.6. The van der Waals surface area contributed by atoms with Gasteiger partial charge in [-0.05, 0) is 41.5 Å². The average Bonchev–Trinajstić information content (AvgIpc) is 2.94. The number of rotatable bonds is 3. The Morgan fingerprint density at radius 1 is 1.25 bits per heavy atom. The molecule has 6 nitrogen and oxygen atoms in total. The highest BCUT2D eigenvalue weighted by Crippen LogP contribution is 2.36. The highest BCUT2D eigenvalue weighted by molar-refractivity contribution is 8.26. The van der Waals surface area contributed by atoms with Crippen LogP contribution >= 0.6 is 47.2 Å². The van der Waals surface area contributed by atoms with E-state index in [1.165, 1.54) is 11.8 Å². The van der Waals surface area contributed by atoms with Gasteiger partial charge < -0.3 is 15.0 Å². The van der Waals surface area contributed by atoms with Crippen LogP contribution in [0.4, 0.5) is 5.69 Å². The maximum absolute atomic E-state index is 12.5.